The zero-order chi connectivity index (χ0) is 14.8. The molecule has 1 fully saturated rings. The molecule has 0 aromatic carbocycles. The van der Waals surface area contributed by atoms with Crippen LogP contribution in [0.15, 0.2) is 0 Å². The van der Waals surface area contributed by atoms with E-state index in [0.29, 0.717) is 6.42 Å². The maximum Gasteiger partial charge on any atom is 0.411 e. The van der Waals surface area contributed by atoms with Gasteiger partial charge in [-0.3, -0.25) is 0 Å². The fourth-order valence-corrected chi connectivity index (χ4v) is 1.68. The lowest BCUT2D eigenvalue weighted by molar-refractivity contribution is -0.162. The first-order chi connectivity index (χ1) is 8.63. The lowest BCUT2D eigenvalue weighted by atomic mass is 9.99. The number of carbonyl (C=O) groups excluding carboxylic acids is 1. The standard InChI is InChI=1S/C11H17F3N2O3/c1-3-6(2)7(8(17)18)15-9(19)16-10(4-5-10)11(12,13)14/h6-7H,3-5H2,1-2H3,(H,17,18)(H2,15,16,19). The number of hydrogen-bond donors (Lipinski definition) is 3. The highest BCUT2D eigenvalue weighted by Crippen LogP contribution is 2.48. The zero-order valence-corrected chi connectivity index (χ0v) is 10.7. The van der Waals surface area contributed by atoms with Crippen molar-refractivity contribution in [2.24, 2.45) is 5.92 Å². The summed E-state index contributed by atoms with van der Waals surface area (Å²) in [7, 11) is 0. The van der Waals surface area contributed by atoms with Gasteiger partial charge in [-0.1, -0.05) is 20.3 Å². The van der Waals surface area contributed by atoms with Crippen LogP contribution in [0.1, 0.15) is 33.1 Å². The molecule has 2 atom stereocenters. The van der Waals surface area contributed by atoms with Crippen molar-refractivity contribution in [2.75, 3.05) is 0 Å². The van der Waals surface area contributed by atoms with Crippen LogP contribution in [-0.2, 0) is 4.79 Å². The Morgan fingerprint density at radius 3 is 2.21 bits per heavy atom. The highest BCUT2D eigenvalue weighted by molar-refractivity contribution is 5.83. The van der Waals surface area contributed by atoms with Gasteiger partial charge < -0.3 is 15.7 Å². The number of amides is 2. The van der Waals surface area contributed by atoms with E-state index in [-0.39, 0.29) is 18.8 Å². The second kappa shape index (κ2) is 5.26. The number of carboxylic acid groups (broad SMARTS) is 1. The van der Waals surface area contributed by atoms with E-state index in [2.05, 4.69) is 5.32 Å². The van der Waals surface area contributed by atoms with E-state index in [1.54, 1.807) is 13.8 Å². The second-order valence-corrected chi connectivity index (χ2v) is 4.88. The lowest BCUT2D eigenvalue weighted by Gasteiger charge is -2.24. The van der Waals surface area contributed by atoms with Crippen molar-refractivity contribution < 1.29 is 27.9 Å². The van der Waals surface area contributed by atoms with Crippen LogP contribution in [0.25, 0.3) is 0 Å². The molecule has 1 aliphatic rings. The topological polar surface area (TPSA) is 78.4 Å². The van der Waals surface area contributed by atoms with Gasteiger partial charge in [0, 0.05) is 0 Å². The number of aliphatic carboxylic acids is 1. The summed E-state index contributed by atoms with van der Waals surface area (Å²) in [6.45, 7) is 3.34. The first-order valence-electron chi connectivity index (χ1n) is 6.01. The van der Waals surface area contributed by atoms with Crippen LogP contribution < -0.4 is 10.6 Å². The number of rotatable bonds is 5. The van der Waals surface area contributed by atoms with Crippen molar-refractivity contribution in [1.29, 1.82) is 0 Å². The van der Waals surface area contributed by atoms with Gasteiger partial charge in [0.1, 0.15) is 11.6 Å². The molecule has 1 saturated carbocycles. The van der Waals surface area contributed by atoms with E-state index < -0.39 is 29.8 Å². The van der Waals surface area contributed by atoms with E-state index in [9.17, 15) is 22.8 Å². The van der Waals surface area contributed by atoms with E-state index >= 15 is 0 Å². The molecular weight excluding hydrogens is 265 g/mol. The quantitative estimate of drug-likeness (QED) is 0.720. The summed E-state index contributed by atoms with van der Waals surface area (Å²) < 4.78 is 37.9. The molecule has 0 aliphatic heterocycles. The van der Waals surface area contributed by atoms with Gasteiger partial charge in [-0.15, -0.1) is 0 Å². The number of carboxylic acids is 1. The third-order valence-electron chi connectivity index (χ3n) is 3.41. The molecule has 110 valence electrons. The van der Waals surface area contributed by atoms with E-state index in [4.69, 9.17) is 5.11 Å². The van der Waals surface area contributed by atoms with E-state index in [1.807, 2.05) is 5.32 Å². The van der Waals surface area contributed by atoms with Gasteiger partial charge in [0.15, 0.2) is 0 Å². The first-order valence-corrected chi connectivity index (χ1v) is 6.01. The SMILES string of the molecule is CCC(C)C(NC(=O)NC1(C(F)(F)F)CC1)C(=O)O. The summed E-state index contributed by atoms with van der Waals surface area (Å²) in [6, 6.07) is -2.29. The third-order valence-corrected chi connectivity index (χ3v) is 3.41. The largest absolute Gasteiger partial charge is 0.480 e. The number of nitrogens with one attached hydrogen (secondary N) is 2. The number of urea groups is 1. The van der Waals surface area contributed by atoms with Crippen LogP contribution >= 0.6 is 0 Å². The van der Waals surface area contributed by atoms with Crippen LogP contribution in [0.4, 0.5) is 18.0 Å². The minimum atomic E-state index is -4.51. The molecule has 3 N–H and O–H groups in total. The molecule has 8 heteroatoms. The predicted molar refractivity (Wildman–Crippen MR) is 60.6 cm³/mol. The summed E-state index contributed by atoms with van der Waals surface area (Å²) in [5.41, 5.74) is -2.18. The van der Waals surface area contributed by atoms with Gasteiger partial charge >= 0.3 is 18.2 Å². The van der Waals surface area contributed by atoms with Crippen molar-refractivity contribution in [2.45, 2.75) is 50.9 Å². The minimum Gasteiger partial charge on any atom is -0.480 e. The number of hydrogen-bond acceptors (Lipinski definition) is 2. The molecule has 19 heavy (non-hydrogen) atoms. The number of carbonyl (C=O) groups is 2. The minimum absolute atomic E-state index is 0.176. The third kappa shape index (κ3) is 3.51. The van der Waals surface area contributed by atoms with Crippen molar-refractivity contribution in [1.82, 2.24) is 10.6 Å². The highest BCUT2D eigenvalue weighted by Gasteiger charge is 2.64. The lowest BCUT2D eigenvalue weighted by Crippen LogP contribution is -2.55. The molecule has 1 rings (SSSR count). The van der Waals surface area contributed by atoms with Crippen LogP contribution in [0.3, 0.4) is 0 Å². The van der Waals surface area contributed by atoms with Gasteiger partial charge in [-0.25, -0.2) is 9.59 Å². The molecule has 0 spiro atoms. The Morgan fingerprint density at radius 1 is 1.37 bits per heavy atom. The zero-order valence-electron chi connectivity index (χ0n) is 10.7. The summed E-state index contributed by atoms with van der Waals surface area (Å²) in [5, 5.41) is 12.9. The summed E-state index contributed by atoms with van der Waals surface area (Å²) in [4.78, 5) is 22.4. The summed E-state index contributed by atoms with van der Waals surface area (Å²) in [5.74, 6) is -1.63. The van der Waals surface area contributed by atoms with E-state index in [1.165, 1.54) is 0 Å². The maximum atomic E-state index is 12.6. The van der Waals surface area contributed by atoms with Crippen molar-refractivity contribution in [3.05, 3.63) is 0 Å². The monoisotopic (exact) mass is 282 g/mol. The second-order valence-electron chi connectivity index (χ2n) is 4.88. The van der Waals surface area contributed by atoms with E-state index in [0.717, 1.165) is 0 Å². The summed E-state index contributed by atoms with van der Waals surface area (Å²) >= 11 is 0. The van der Waals surface area contributed by atoms with Crippen LogP contribution in [-0.4, -0.2) is 34.9 Å². The van der Waals surface area contributed by atoms with Crippen LogP contribution in [0, 0.1) is 5.92 Å². The van der Waals surface area contributed by atoms with Gasteiger partial charge in [-0.05, 0) is 18.8 Å². The van der Waals surface area contributed by atoms with Crippen molar-refractivity contribution in [3.63, 3.8) is 0 Å². The van der Waals surface area contributed by atoms with Gasteiger partial charge in [0.05, 0.1) is 0 Å². The van der Waals surface area contributed by atoms with Gasteiger partial charge in [-0.2, -0.15) is 13.2 Å². The highest BCUT2D eigenvalue weighted by atomic mass is 19.4. The molecule has 2 amide bonds. The van der Waals surface area contributed by atoms with Crippen molar-refractivity contribution in [3.8, 4) is 0 Å². The average Bonchev–Trinajstić information content (AvgIpc) is 3.04. The Labute approximate surface area is 108 Å². The average molecular weight is 282 g/mol. The Morgan fingerprint density at radius 2 is 1.89 bits per heavy atom. The first kappa shape index (κ1) is 15.6. The molecule has 2 unspecified atom stereocenters. The Balaban J connectivity index is 2.62. The predicted octanol–water partition coefficient (Wildman–Crippen LogP) is 1.88. The number of alkyl halides is 3. The molecule has 0 bridgehead atoms. The molecule has 1 aliphatic carbocycles. The number of halogens is 3. The fourth-order valence-electron chi connectivity index (χ4n) is 1.68. The Bertz CT molecular complexity index is 367. The molecule has 0 radical (unpaired) electrons. The molecule has 0 aromatic heterocycles. The normalized spacial score (nSPS) is 20.3. The fraction of sp³-hybridized carbons (Fsp3) is 0.818. The Hall–Kier alpha value is -1.47. The summed E-state index contributed by atoms with van der Waals surface area (Å²) in [6.07, 6.45) is -4.38. The molecule has 0 heterocycles. The molecule has 5 nitrogen and oxygen atoms in total. The molecule has 0 aromatic rings. The molecular formula is C11H17F3N2O3. The Kier molecular flexibility index (Phi) is 4.32. The van der Waals surface area contributed by atoms with Gasteiger partial charge in [0.25, 0.3) is 0 Å². The van der Waals surface area contributed by atoms with Gasteiger partial charge in [0.2, 0.25) is 0 Å². The van der Waals surface area contributed by atoms with Crippen molar-refractivity contribution >= 4 is 12.0 Å². The molecule has 0 saturated heterocycles. The smallest absolute Gasteiger partial charge is 0.411 e. The maximum absolute atomic E-state index is 12.6. The van der Waals surface area contributed by atoms with Crippen LogP contribution in [0.5, 0.6) is 0 Å². The van der Waals surface area contributed by atoms with Crippen LogP contribution in [0.2, 0.25) is 0 Å².